The van der Waals surface area contributed by atoms with Gasteiger partial charge in [-0.2, -0.15) is 0 Å². The average Bonchev–Trinajstić information content (AvgIpc) is 3.41. The van der Waals surface area contributed by atoms with Gasteiger partial charge in [-0.25, -0.2) is 4.68 Å². The Balaban J connectivity index is 1.49. The second kappa shape index (κ2) is 12.1. The lowest BCUT2D eigenvalue weighted by Gasteiger charge is -2.25. The molecule has 0 fully saturated rings. The van der Waals surface area contributed by atoms with Crippen molar-refractivity contribution < 1.29 is 18.5 Å². The van der Waals surface area contributed by atoms with E-state index in [1.165, 1.54) is 15.8 Å². The zero-order valence-corrected chi connectivity index (χ0v) is 21.3. The smallest absolute Gasteiger partial charge is 0.274 e. The van der Waals surface area contributed by atoms with Crippen molar-refractivity contribution in [2.24, 2.45) is 0 Å². The molecule has 1 heterocycles. The number of hydrogen-bond acceptors (Lipinski definition) is 6. The highest BCUT2D eigenvalue weighted by Gasteiger charge is 2.27. The number of nitrogens with zero attached hydrogens (tertiary/aromatic N) is 4. The van der Waals surface area contributed by atoms with Crippen molar-refractivity contribution in [2.45, 2.75) is 23.2 Å². The zero-order valence-electron chi connectivity index (χ0n) is 20.5. The molecule has 0 radical (unpaired) electrons. The van der Waals surface area contributed by atoms with Crippen molar-refractivity contribution in [3.05, 3.63) is 102 Å². The SMILES string of the molecule is COc1ccc(N(C)C(=O)[C@H](Cc2ccccc2)NC(=O)c2cn(CS(=O)c3ccccc3)nn2)cc1. The number of anilines is 1. The van der Waals surface area contributed by atoms with Gasteiger partial charge in [0.2, 0.25) is 5.91 Å². The van der Waals surface area contributed by atoms with Crippen LogP contribution in [0.2, 0.25) is 0 Å². The van der Waals surface area contributed by atoms with Gasteiger partial charge in [-0.3, -0.25) is 13.8 Å². The van der Waals surface area contributed by atoms with Crippen LogP contribution in [0.1, 0.15) is 16.1 Å². The first kappa shape index (κ1) is 25.8. The van der Waals surface area contributed by atoms with E-state index in [1.807, 2.05) is 36.4 Å². The molecule has 0 aliphatic rings. The summed E-state index contributed by atoms with van der Waals surface area (Å²) in [5.74, 6) is -0.110. The van der Waals surface area contributed by atoms with Crippen LogP contribution in [-0.4, -0.2) is 51.2 Å². The van der Waals surface area contributed by atoms with Gasteiger partial charge in [-0.15, -0.1) is 5.10 Å². The van der Waals surface area contributed by atoms with Crippen molar-refractivity contribution in [3.8, 4) is 5.75 Å². The number of likely N-dealkylation sites (N-methyl/N-ethyl adjacent to an activating group) is 1. The predicted molar refractivity (Wildman–Crippen MR) is 141 cm³/mol. The van der Waals surface area contributed by atoms with E-state index in [4.69, 9.17) is 4.74 Å². The summed E-state index contributed by atoms with van der Waals surface area (Å²) >= 11 is 0. The maximum Gasteiger partial charge on any atom is 0.274 e. The van der Waals surface area contributed by atoms with Crippen LogP contribution in [0, 0.1) is 0 Å². The third-order valence-corrected chi connectivity index (χ3v) is 7.00. The van der Waals surface area contributed by atoms with Crippen LogP contribution in [0.4, 0.5) is 5.69 Å². The Morgan fingerprint density at radius 1 is 1.00 bits per heavy atom. The van der Waals surface area contributed by atoms with Gasteiger partial charge in [0.1, 0.15) is 17.7 Å². The van der Waals surface area contributed by atoms with Crippen molar-refractivity contribution in [1.82, 2.24) is 20.3 Å². The Morgan fingerprint density at radius 2 is 1.65 bits per heavy atom. The Hall–Kier alpha value is -4.31. The van der Waals surface area contributed by atoms with E-state index >= 15 is 0 Å². The number of amides is 2. The van der Waals surface area contributed by atoms with Crippen LogP contribution < -0.4 is 15.0 Å². The van der Waals surface area contributed by atoms with Crippen molar-refractivity contribution in [1.29, 1.82) is 0 Å². The molecule has 0 aliphatic carbocycles. The fraction of sp³-hybridized carbons (Fsp3) is 0.185. The van der Waals surface area contributed by atoms with E-state index in [0.29, 0.717) is 16.3 Å². The Bertz CT molecular complexity index is 1360. The molecule has 190 valence electrons. The summed E-state index contributed by atoms with van der Waals surface area (Å²) in [6, 6.07) is 24.7. The van der Waals surface area contributed by atoms with Gasteiger partial charge in [0.05, 0.1) is 24.1 Å². The molecule has 0 saturated heterocycles. The van der Waals surface area contributed by atoms with E-state index in [0.717, 1.165) is 5.56 Å². The molecule has 9 nitrogen and oxygen atoms in total. The first-order valence-corrected chi connectivity index (χ1v) is 12.9. The molecule has 1 N–H and O–H groups in total. The number of aromatic nitrogens is 3. The highest BCUT2D eigenvalue weighted by Crippen LogP contribution is 2.19. The summed E-state index contributed by atoms with van der Waals surface area (Å²) < 4.78 is 19.1. The van der Waals surface area contributed by atoms with Gasteiger partial charge in [0.25, 0.3) is 5.91 Å². The molecule has 37 heavy (non-hydrogen) atoms. The quantitative estimate of drug-likeness (QED) is 0.347. The Kier molecular flexibility index (Phi) is 8.42. The van der Waals surface area contributed by atoms with E-state index in [-0.39, 0.29) is 23.9 Å². The number of methoxy groups -OCH3 is 1. The third kappa shape index (κ3) is 6.68. The molecule has 0 aliphatic heterocycles. The standard InChI is InChI=1S/C27H27N5O4S/c1-31(21-13-15-22(36-2)16-14-21)27(34)24(17-20-9-5-3-6-10-20)28-26(33)25-18-32(30-29-25)19-37(35)23-11-7-4-8-12-23/h3-16,18,24H,17,19H2,1-2H3,(H,28,33)/t24-,37?/m0/s1. The summed E-state index contributed by atoms with van der Waals surface area (Å²) in [6.45, 7) is 0. The number of nitrogens with one attached hydrogen (secondary N) is 1. The summed E-state index contributed by atoms with van der Waals surface area (Å²) in [7, 11) is 1.88. The summed E-state index contributed by atoms with van der Waals surface area (Å²) in [6.07, 6.45) is 1.71. The van der Waals surface area contributed by atoms with Crippen LogP contribution in [-0.2, 0) is 27.9 Å². The molecule has 2 atom stereocenters. The van der Waals surface area contributed by atoms with Gasteiger partial charge < -0.3 is 15.0 Å². The molecular formula is C27H27N5O4S. The monoisotopic (exact) mass is 517 g/mol. The maximum atomic E-state index is 13.5. The molecule has 0 bridgehead atoms. The Morgan fingerprint density at radius 3 is 2.30 bits per heavy atom. The van der Waals surface area contributed by atoms with E-state index < -0.39 is 22.7 Å². The molecule has 10 heteroatoms. The normalized spacial score (nSPS) is 12.4. The number of carbonyl (C=O) groups is 2. The first-order valence-electron chi connectivity index (χ1n) is 11.5. The minimum absolute atomic E-state index is 0.0306. The average molecular weight is 518 g/mol. The van der Waals surface area contributed by atoms with E-state index in [9.17, 15) is 13.8 Å². The summed E-state index contributed by atoms with van der Waals surface area (Å²) in [5, 5.41) is 10.7. The number of rotatable bonds is 10. The van der Waals surface area contributed by atoms with Crippen LogP contribution in [0.25, 0.3) is 0 Å². The van der Waals surface area contributed by atoms with Gasteiger partial charge in [-0.05, 0) is 42.0 Å². The number of carbonyl (C=O) groups excluding carboxylic acids is 2. The third-order valence-electron chi connectivity index (χ3n) is 5.70. The Labute approximate surface area is 217 Å². The fourth-order valence-corrected chi connectivity index (χ4v) is 4.66. The summed E-state index contributed by atoms with van der Waals surface area (Å²) in [4.78, 5) is 28.7. The lowest BCUT2D eigenvalue weighted by molar-refractivity contribution is -0.120. The van der Waals surface area contributed by atoms with Gasteiger partial charge in [-0.1, -0.05) is 53.7 Å². The second-order valence-electron chi connectivity index (χ2n) is 8.24. The fourth-order valence-electron chi connectivity index (χ4n) is 3.68. The number of ether oxygens (including phenoxy) is 1. The minimum Gasteiger partial charge on any atom is -0.497 e. The second-order valence-corrected chi connectivity index (χ2v) is 9.66. The van der Waals surface area contributed by atoms with E-state index in [1.54, 1.807) is 62.7 Å². The van der Waals surface area contributed by atoms with Gasteiger partial charge in [0, 0.05) is 24.1 Å². The first-order chi connectivity index (χ1) is 17.9. The molecule has 2 amide bonds. The highest BCUT2D eigenvalue weighted by molar-refractivity contribution is 7.84. The topological polar surface area (TPSA) is 106 Å². The zero-order chi connectivity index (χ0) is 26.2. The molecule has 0 saturated carbocycles. The molecule has 1 unspecified atom stereocenters. The van der Waals surface area contributed by atoms with Crippen LogP contribution in [0.15, 0.2) is 96.0 Å². The molecule has 1 aromatic heterocycles. The molecule has 4 aromatic rings. The summed E-state index contributed by atoms with van der Waals surface area (Å²) in [5.41, 5.74) is 1.58. The van der Waals surface area contributed by atoms with Gasteiger partial charge in [0.15, 0.2) is 5.69 Å². The van der Waals surface area contributed by atoms with E-state index in [2.05, 4.69) is 15.6 Å². The molecule has 0 spiro atoms. The maximum absolute atomic E-state index is 13.5. The lowest BCUT2D eigenvalue weighted by atomic mass is 10.0. The highest BCUT2D eigenvalue weighted by atomic mass is 32.2. The van der Waals surface area contributed by atoms with Crippen molar-refractivity contribution in [2.75, 3.05) is 19.1 Å². The van der Waals surface area contributed by atoms with Crippen LogP contribution >= 0.6 is 0 Å². The van der Waals surface area contributed by atoms with Crippen LogP contribution in [0.3, 0.4) is 0 Å². The number of benzene rings is 3. The minimum atomic E-state index is -1.35. The lowest BCUT2D eigenvalue weighted by Crippen LogP contribution is -2.48. The van der Waals surface area contributed by atoms with Crippen molar-refractivity contribution >= 4 is 28.3 Å². The molecule has 3 aromatic carbocycles. The largest absolute Gasteiger partial charge is 0.497 e. The molecule has 4 rings (SSSR count). The van der Waals surface area contributed by atoms with Gasteiger partial charge >= 0.3 is 0 Å². The number of hydrogen-bond donors (Lipinski definition) is 1. The van der Waals surface area contributed by atoms with Crippen molar-refractivity contribution in [3.63, 3.8) is 0 Å². The predicted octanol–water partition coefficient (Wildman–Crippen LogP) is 3.06. The van der Waals surface area contributed by atoms with Crippen LogP contribution in [0.5, 0.6) is 5.75 Å². The molecular weight excluding hydrogens is 490 g/mol.